The standard InChI is InChI=1S/Eu.Mg.4NO3/c;;4*2-1(3)4/q2*+2;4*-1. The first-order valence-corrected chi connectivity index (χ1v) is 2.19. The Morgan fingerprint density at radius 3 is 0.444 bits per heavy atom. The van der Waals surface area contributed by atoms with E-state index in [4.69, 9.17) is 61.3 Å². The van der Waals surface area contributed by atoms with Crippen LogP contribution >= 0.6 is 0 Å². The number of nitrogens with zero attached hydrogens (tertiary/aromatic N) is 4. The molecule has 0 bridgehead atoms. The van der Waals surface area contributed by atoms with Gasteiger partial charge < -0.3 is 61.3 Å². The third-order valence-electron chi connectivity index (χ3n) is 0. The molecule has 0 aromatic rings. The molecule has 0 heterocycles. The Bertz CT molecular complexity index is 164. The second-order valence-corrected chi connectivity index (χ2v) is 0.894. The maximum atomic E-state index is 8.25. The van der Waals surface area contributed by atoms with Crippen LogP contribution in [-0.2, 0) is 0 Å². The molecule has 0 aromatic carbocycles. The van der Waals surface area contributed by atoms with Crippen molar-refractivity contribution in [3.05, 3.63) is 61.3 Å². The van der Waals surface area contributed by atoms with E-state index in [0.717, 1.165) is 0 Å². The second-order valence-electron chi connectivity index (χ2n) is 0.894. The molecule has 0 N–H and O–H groups in total. The van der Waals surface area contributed by atoms with Gasteiger partial charge in [0.15, 0.2) is 0 Å². The van der Waals surface area contributed by atoms with Crippen molar-refractivity contribution in [2.45, 2.75) is 0 Å². The summed E-state index contributed by atoms with van der Waals surface area (Å²) < 4.78 is 0. The van der Waals surface area contributed by atoms with Gasteiger partial charge in [0.2, 0.25) is 0 Å². The SMILES string of the molecule is O=[N+]([O-])[O-].O=[N+]([O-])[O-].O=[N+]([O-])[O-].O=[N+]([O-])[O-].[Eu+2].[Mg+2]. The van der Waals surface area contributed by atoms with Gasteiger partial charge in [0.25, 0.3) is 0 Å². The molecule has 0 saturated heterocycles. The average molecular weight is 424 g/mol. The van der Waals surface area contributed by atoms with Crippen molar-refractivity contribution in [3.63, 3.8) is 0 Å². The summed E-state index contributed by atoms with van der Waals surface area (Å²) in [6.45, 7) is 0. The van der Waals surface area contributed by atoms with Gasteiger partial charge in [0, 0.05) is 0 Å². The summed E-state index contributed by atoms with van der Waals surface area (Å²) in [7, 11) is 0. The maximum absolute atomic E-state index is 8.25. The van der Waals surface area contributed by atoms with Gasteiger partial charge in [-0.2, -0.15) is 0 Å². The first-order valence-electron chi connectivity index (χ1n) is 2.19. The van der Waals surface area contributed by atoms with E-state index < -0.39 is 20.3 Å². The molecule has 0 aromatic heterocycles. The van der Waals surface area contributed by atoms with Crippen LogP contribution in [0, 0.1) is 111 Å². The summed E-state index contributed by atoms with van der Waals surface area (Å²) in [4.78, 5) is 33.0. The minimum Gasteiger partial charge on any atom is -0.356 e. The zero-order chi connectivity index (χ0) is 14.3. The van der Waals surface area contributed by atoms with E-state index in [9.17, 15) is 0 Å². The van der Waals surface area contributed by atoms with E-state index >= 15 is 0 Å². The fourth-order valence-corrected chi connectivity index (χ4v) is 0. The zero-order valence-corrected chi connectivity index (χ0v) is 11.6. The van der Waals surface area contributed by atoms with E-state index in [1.54, 1.807) is 0 Å². The van der Waals surface area contributed by atoms with Gasteiger partial charge in [-0.1, -0.05) is 0 Å². The molecule has 18 heteroatoms. The van der Waals surface area contributed by atoms with Crippen molar-refractivity contribution >= 4 is 23.1 Å². The predicted octanol–water partition coefficient (Wildman–Crippen LogP) is -1.34. The van der Waals surface area contributed by atoms with Crippen molar-refractivity contribution in [1.29, 1.82) is 0 Å². The second kappa shape index (κ2) is 29.8. The molecule has 0 aliphatic rings. The normalized spacial score (nSPS) is 5.33. The van der Waals surface area contributed by atoms with Crippen molar-refractivity contribution < 1.29 is 69.7 Å². The Balaban J connectivity index is -0.0000000257. The monoisotopic (exact) mass is 425 g/mol. The Morgan fingerprint density at radius 1 is 0.444 bits per heavy atom. The first-order chi connectivity index (χ1) is 6.93. The summed E-state index contributed by atoms with van der Waals surface area (Å²) in [5.74, 6) is 0. The third-order valence-corrected chi connectivity index (χ3v) is 0. The Hall–Kier alpha value is -0.849. The fourth-order valence-electron chi connectivity index (χ4n) is 0. The average Bonchev–Trinajstić information content (AvgIpc) is 1.76. The van der Waals surface area contributed by atoms with Crippen LogP contribution in [0.1, 0.15) is 0 Å². The number of hydrogen-bond donors (Lipinski definition) is 0. The molecular formula is EuMgN4O12. The molecule has 0 rings (SSSR count). The van der Waals surface area contributed by atoms with E-state index in [1.807, 2.05) is 0 Å². The van der Waals surface area contributed by atoms with Gasteiger partial charge >= 0.3 is 72.4 Å². The molecular weight excluding hydrogens is 424 g/mol. The van der Waals surface area contributed by atoms with Crippen LogP contribution < -0.4 is 0 Å². The maximum Gasteiger partial charge on any atom is 2.00 e. The van der Waals surface area contributed by atoms with Gasteiger partial charge in [0.05, 0.1) is 20.3 Å². The molecule has 0 saturated carbocycles. The molecule has 16 nitrogen and oxygen atoms in total. The molecule has 0 atom stereocenters. The van der Waals surface area contributed by atoms with Crippen molar-refractivity contribution in [2.75, 3.05) is 0 Å². The first kappa shape index (κ1) is 36.0. The van der Waals surface area contributed by atoms with E-state index in [-0.39, 0.29) is 72.4 Å². The third kappa shape index (κ3) is 4210. The van der Waals surface area contributed by atoms with Crippen LogP contribution in [0.2, 0.25) is 0 Å². The minimum atomic E-state index is -1.75. The van der Waals surface area contributed by atoms with Crippen LogP contribution in [0.15, 0.2) is 0 Å². The molecule has 1 radical (unpaired) electrons. The smallest absolute Gasteiger partial charge is 0.356 e. The molecule has 0 aliphatic heterocycles. The Labute approximate surface area is 152 Å². The molecule has 0 spiro atoms. The van der Waals surface area contributed by atoms with Gasteiger partial charge in [-0.05, 0) is 0 Å². The van der Waals surface area contributed by atoms with Gasteiger partial charge in [0.1, 0.15) is 0 Å². The Morgan fingerprint density at radius 2 is 0.444 bits per heavy atom. The molecule has 0 unspecified atom stereocenters. The van der Waals surface area contributed by atoms with Crippen LogP contribution in [0.25, 0.3) is 0 Å². The molecule has 0 amide bonds. The van der Waals surface area contributed by atoms with Crippen LogP contribution in [0.3, 0.4) is 0 Å². The van der Waals surface area contributed by atoms with Crippen LogP contribution in [-0.4, -0.2) is 43.4 Å². The van der Waals surface area contributed by atoms with Gasteiger partial charge in [-0.3, -0.25) is 0 Å². The van der Waals surface area contributed by atoms with Crippen LogP contribution in [0.5, 0.6) is 0 Å². The molecule has 18 heavy (non-hydrogen) atoms. The summed E-state index contributed by atoms with van der Waals surface area (Å²) in [5, 5.41) is 59.0. The minimum absolute atomic E-state index is 0. The fraction of sp³-hybridized carbons (Fsp3) is 0. The summed E-state index contributed by atoms with van der Waals surface area (Å²) in [5.41, 5.74) is 0. The van der Waals surface area contributed by atoms with E-state index in [0.29, 0.717) is 0 Å². The van der Waals surface area contributed by atoms with Crippen molar-refractivity contribution in [2.24, 2.45) is 0 Å². The van der Waals surface area contributed by atoms with Crippen LogP contribution in [0.4, 0.5) is 0 Å². The van der Waals surface area contributed by atoms with E-state index in [1.165, 1.54) is 0 Å². The summed E-state index contributed by atoms with van der Waals surface area (Å²) in [6, 6.07) is 0. The topological polar surface area (TPSA) is 265 Å². The number of rotatable bonds is 0. The number of hydrogen-bond acceptors (Lipinski definition) is 12. The summed E-state index contributed by atoms with van der Waals surface area (Å²) in [6.07, 6.45) is 0. The predicted molar refractivity (Wildman–Crippen MR) is 47.2 cm³/mol. The molecule has 0 fully saturated rings. The largest absolute Gasteiger partial charge is 2.00 e. The van der Waals surface area contributed by atoms with Crippen molar-refractivity contribution in [3.8, 4) is 0 Å². The molecule has 0 aliphatic carbocycles. The molecule has 101 valence electrons. The Kier molecular flexibility index (Phi) is 59.6. The summed E-state index contributed by atoms with van der Waals surface area (Å²) >= 11 is 0. The van der Waals surface area contributed by atoms with Gasteiger partial charge in [-0.15, -0.1) is 0 Å². The quantitative estimate of drug-likeness (QED) is 0.248. The van der Waals surface area contributed by atoms with E-state index in [2.05, 4.69) is 0 Å². The zero-order valence-electron chi connectivity index (χ0n) is 7.77. The van der Waals surface area contributed by atoms with Gasteiger partial charge in [-0.25, -0.2) is 0 Å². The van der Waals surface area contributed by atoms with Crippen molar-refractivity contribution in [1.82, 2.24) is 0 Å².